The molecule has 0 heterocycles. The number of halogens is 1. The number of allylic oxidation sites excluding steroid dienone is 2. The SMILES string of the molecule is Cl[C@@H]1C[C@H]2C[C@H]1[C@H]1C=CC[C@@H]21. The summed E-state index contributed by atoms with van der Waals surface area (Å²) < 4.78 is 0. The topological polar surface area (TPSA) is 0 Å². The van der Waals surface area contributed by atoms with Crippen LogP contribution in [0.25, 0.3) is 0 Å². The fraction of sp³-hybridized carbons (Fsp3) is 0.800. The molecule has 0 saturated heterocycles. The molecule has 0 N–H and O–H groups in total. The van der Waals surface area contributed by atoms with Gasteiger partial charge in [-0.15, -0.1) is 11.6 Å². The minimum absolute atomic E-state index is 0.504. The molecule has 0 amide bonds. The van der Waals surface area contributed by atoms with Crippen LogP contribution in [0.2, 0.25) is 0 Å². The summed E-state index contributed by atoms with van der Waals surface area (Å²) in [4.78, 5) is 0. The lowest BCUT2D eigenvalue weighted by Crippen LogP contribution is -2.24. The maximum absolute atomic E-state index is 6.24. The van der Waals surface area contributed by atoms with E-state index in [0.29, 0.717) is 5.38 Å². The lowest BCUT2D eigenvalue weighted by Gasteiger charge is -2.27. The molecule has 2 bridgehead atoms. The molecule has 3 aliphatic carbocycles. The Morgan fingerprint density at radius 3 is 3.00 bits per heavy atom. The molecular weight excluding hydrogens is 156 g/mol. The molecule has 0 radical (unpaired) electrons. The Morgan fingerprint density at radius 1 is 1.18 bits per heavy atom. The zero-order chi connectivity index (χ0) is 7.42. The van der Waals surface area contributed by atoms with Gasteiger partial charge in [-0.25, -0.2) is 0 Å². The smallest absolute Gasteiger partial charge is 0.0372 e. The Balaban J connectivity index is 1.94. The Bertz CT molecular complexity index is 209. The lowest BCUT2D eigenvalue weighted by atomic mass is 9.81. The Morgan fingerprint density at radius 2 is 2.09 bits per heavy atom. The van der Waals surface area contributed by atoms with Crippen LogP contribution in [-0.2, 0) is 0 Å². The van der Waals surface area contributed by atoms with E-state index in [1.807, 2.05) is 0 Å². The number of hydrogen-bond donors (Lipinski definition) is 0. The van der Waals surface area contributed by atoms with Crippen LogP contribution in [-0.4, -0.2) is 5.38 Å². The van der Waals surface area contributed by atoms with Crippen molar-refractivity contribution in [2.24, 2.45) is 23.7 Å². The number of rotatable bonds is 0. The zero-order valence-corrected chi connectivity index (χ0v) is 7.30. The van der Waals surface area contributed by atoms with E-state index in [9.17, 15) is 0 Å². The monoisotopic (exact) mass is 168 g/mol. The third-order valence-electron chi connectivity index (χ3n) is 3.93. The third-order valence-corrected chi connectivity index (χ3v) is 4.43. The minimum atomic E-state index is 0.504. The standard InChI is InChI=1S/C10H13Cl/c11-10-5-6-4-9(10)8-3-1-2-7(6)8/h1,3,6-10H,2,4-5H2/t6-,7+,8+,9+,10-/m1/s1. The van der Waals surface area contributed by atoms with E-state index >= 15 is 0 Å². The second-order valence-electron chi connectivity index (χ2n) is 4.32. The molecule has 0 spiro atoms. The van der Waals surface area contributed by atoms with Gasteiger partial charge in [-0.1, -0.05) is 12.2 Å². The van der Waals surface area contributed by atoms with Crippen molar-refractivity contribution in [3.05, 3.63) is 12.2 Å². The van der Waals surface area contributed by atoms with Crippen molar-refractivity contribution >= 4 is 11.6 Å². The highest BCUT2D eigenvalue weighted by Gasteiger charge is 2.51. The van der Waals surface area contributed by atoms with E-state index in [1.165, 1.54) is 19.3 Å². The zero-order valence-electron chi connectivity index (χ0n) is 6.54. The van der Waals surface area contributed by atoms with Crippen molar-refractivity contribution < 1.29 is 0 Å². The summed E-state index contributed by atoms with van der Waals surface area (Å²) in [6, 6.07) is 0. The molecule has 0 unspecified atom stereocenters. The van der Waals surface area contributed by atoms with Gasteiger partial charge in [0.05, 0.1) is 0 Å². The lowest BCUT2D eigenvalue weighted by molar-refractivity contribution is 0.289. The minimum Gasteiger partial charge on any atom is -0.123 e. The summed E-state index contributed by atoms with van der Waals surface area (Å²) in [5, 5.41) is 0.504. The Hall–Kier alpha value is 0.0300. The third kappa shape index (κ3) is 0.717. The van der Waals surface area contributed by atoms with Crippen LogP contribution in [0, 0.1) is 23.7 Å². The van der Waals surface area contributed by atoms with Crippen molar-refractivity contribution in [1.29, 1.82) is 0 Å². The van der Waals surface area contributed by atoms with Crippen molar-refractivity contribution in [3.8, 4) is 0 Å². The molecule has 0 aromatic carbocycles. The van der Waals surface area contributed by atoms with Gasteiger partial charge >= 0.3 is 0 Å². The first-order chi connectivity index (χ1) is 5.36. The fourth-order valence-electron chi connectivity index (χ4n) is 3.46. The van der Waals surface area contributed by atoms with Gasteiger partial charge in [0.25, 0.3) is 0 Å². The maximum atomic E-state index is 6.24. The molecule has 0 nitrogen and oxygen atoms in total. The van der Waals surface area contributed by atoms with Crippen molar-refractivity contribution in [1.82, 2.24) is 0 Å². The van der Waals surface area contributed by atoms with Gasteiger partial charge in [0.1, 0.15) is 0 Å². The van der Waals surface area contributed by atoms with Crippen molar-refractivity contribution in [3.63, 3.8) is 0 Å². The molecule has 0 aromatic rings. The van der Waals surface area contributed by atoms with Crippen molar-refractivity contribution in [2.75, 3.05) is 0 Å². The summed E-state index contributed by atoms with van der Waals surface area (Å²) in [5.41, 5.74) is 0. The molecule has 0 aromatic heterocycles. The van der Waals surface area contributed by atoms with Crippen LogP contribution < -0.4 is 0 Å². The Labute approximate surface area is 72.6 Å². The van der Waals surface area contributed by atoms with Crippen LogP contribution in [0.1, 0.15) is 19.3 Å². The molecule has 2 fully saturated rings. The number of hydrogen-bond acceptors (Lipinski definition) is 0. The average molecular weight is 169 g/mol. The van der Waals surface area contributed by atoms with E-state index in [4.69, 9.17) is 11.6 Å². The van der Waals surface area contributed by atoms with Crippen LogP contribution in [0.5, 0.6) is 0 Å². The predicted octanol–water partition coefficient (Wildman–Crippen LogP) is 2.83. The van der Waals surface area contributed by atoms with Gasteiger partial charge in [-0.3, -0.25) is 0 Å². The van der Waals surface area contributed by atoms with E-state index in [1.54, 1.807) is 0 Å². The summed E-state index contributed by atoms with van der Waals surface area (Å²) in [6.45, 7) is 0. The molecule has 2 saturated carbocycles. The van der Waals surface area contributed by atoms with E-state index in [-0.39, 0.29) is 0 Å². The van der Waals surface area contributed by atoms with E-state index < -0.39 is 0 Å². The Kier molecular flexibility index (Phi) is 1.21. The van der Waals surface area contributed by atoms with Gasteiger partial charge in [-0.2, -0.15) is 0 Å². The first-order valence-corrected chi connectivity index (χ1v) is 5.10. The van der Waals surface area contributed by atoms with E-state index in [0.717, 1.165) is 23.7 Å². The molecular formula is C10H13Cl. The van der Waals surface area contributed by atoms with Gasteiger partial charge in [-0.05, 0) is 42.9 Å². The number of alkyl halides is 1. The molecule has 1 heteroatoms. The second kappa shape index (κ2) is 2.04. The molecule has 3 aliphatic rings. The molecule has 0 aliphatic heterocycles. The first kappa shape index (κ1) is 6.54. The van der Waals surface area contributed by atoms with Crippen LogP contribution in [0.15, 0.2) is 12.2 Å². The van der Waals surface area contributed by atoms with Gasteiger partial charge in [0.15, 0.2) is 0 Å². The van der Waals surface area contributed by atoms with Crippen LogP contribution in [0.4, 0.5) is 0 Å². The largest absolute Gasteiger partial charge is 0.123 e. The highest BCUT2D eigenvalue weighted by molar-refractivity contribution is 6.21. The van der Waals surface area contributed by atoms with Gasteiger partial charge in [0.2, 0.25) is 0 Å². The van der Waals surface area contributed by atoms with Crippen LogP contribution >= 0.6 is 11.6 Å². The molecule has 3 rings (SSSR count). The normalized spacial score (nSPS) is 58.8. The summed E-state index contributed by atoms with van der Waals surface area (Å²) in [6.07, 6.45) is 8.85. The second-order valence-corrected chi connectivity index (χ2v) is 4.88. The first-order valence-electron chi connectivity index (χ1n) is 4.67. The molecule has 11 heavy (non-hydrogen) atoms. The van der Waals surface area contributed by atoms with Crippen molar-refractivity contribution in [2.45, 2.75) is 24.6 Å². The molecule has 5 atom stereocenters. The fourth-order valence-corrected chi connectivity index (χ4v) is 3.96. The average Bonchev–Trinajstić information content (AvgIpc) is 2.52. The van der Waals surface area contributed by atoms with Crippen LogP contribution in [0.3, 0.4) is 0 Å². The highest BCUT2D eigenvalue weighted by atomic mass is 35.5. The summed E-state index contributed by atoms with van der Waals surface area (Å²) in [7, 11) is 0. The number of fused-ring (bicyclic) bond motifs is 5. The van der Waals surface area contributed by atoms with Gasteiger partial charge < -0.3 is 0 Å². The molecule has 60 valence electrons. The van der Waals surface area contributed by atoms with E-state index in [2.05, 4.69) is 12.2 Å². The predicted molar refractivity (Wildman–Crippen MR) is 46.6 cm³/mol. The summed E-state index contributed by atoms with van der Waals surface area (Å²) >= 11 is 6.24. The summed E-state index contributed by atoms with van der Waals surface area (Å²) in [5.74, 6) is 3.68. The maximum Gasteiger partial charge on any atom is 0.0372 e. The highest BCUT2D eigenvalue weighted by Crippen LogP contribution is 2.57. The quantitative estimate of drug-likeness (QED) is 0.386. The van der Waals surface area contributed by atoms with Gasteiger partial charge in [0, 0.05) is 5.38 Å².